The minimum atomic E-state index is -0.605. The summed E-state index contributed by atoms with van der Waals surface area (Å²) in [6, 6.07) is 0. The number of nitrogens with zero attached hydrogens (tertiary/aromatic N) is 5. The van der Waals surface area contributed by atoms with E-state index in [4.69, 9.17) is 10.5 Å². The lowest BCUT2D eigenvalue weighted by Gasteiger charge is -2.29. The van der Waals surface area contributed by atoms with Crippen LogP contribution in [0.25, 0.3) is 16.8 Å². The molecule has 4 heterocycles. The summed E-state index contributed by atoms with van der Waals surface area (Å²) in [5.74, 6) is 0.146. The number of amides is 1. The Hall–Kier alpha value is -4.29. The van der Waals surface area contributed by atoms with Gasteiger partial charge in [-0.2, -0.15) is 5.10 Å². The van der Waals surface area contributed by atoms with E-state index in [1.165, 1.54) is 25.2 Å². The molecular weight excluding hydrogens is 572 g/mol. The van der Waals surface area contributed by atoms with E-state index in [9.17, 15) is 14.7 Å². The van der Waals surface area contributed by atoms with Gasteiger partial charge in [0.2, 0.25) is 5.88 Å². The number of rotatable bonds is 10. The van der Waals surface area contributed by atoms with Gasteiger partial charge in [-0.1, -0.05) is 18.6 Å². The SMILES string of the molecule is CC/C=C/C(=C\C(NC(=O)/C(=C/N)c1cnc(-c2c(C)nn3c2OCC(O)C3)cn1)=C(C)C)NC.CC1(C)CCCN1CC=O. The van der Waals surface area contributed by atoms with Gasteiger partial charge in [0.1, 0.15) is 19.0 Å². The van der Waals surface area contributed by atoms with Crippen LogP contribution >= 0.6 is 0 Å². The first-order valence-electron chi connectivity index (χ1n) is 15.3. The molecule has 1 saturated heterocycles. The zero-order valence-electron chi connectivity index (χ0n) is 27.6. The molecule has 2 aromatic rings. The van der Waals surface area contributed by atoms with Gasteiger partial charge in [-0.25, -0.2) is 4.68 Å². The standard InChI is InChI=1S/C25H33N7O3.C8H15NO/c1-6-7-8-17(27-5)9-20(15(2)3)30-24(34)19(10-26)21-11-29-22(12-28-21)23-16(4)31-32-13-18(33)14-35-25(23)32;1-8(2)4-3-5-9(8)6-7-10/h7-12,18,27,33H,6,13-14,26H2,1-5H3,(H,30,34);7H,3-6H2,1-2H3/b8-7+,17-9+,19-10+;. The Morgan fingerprint density at radius 1 is 1.27 bits per heavy atom. The Kier molecular flexibility index (Phi) is 12.6. The summed E-state index contributed by atoms with van der Waals surface area (Å²) in [6.45, 7) is 14.4. The Morgan fingerprint density at radius 2 is 2.02 bits per heavy atom. The zero-order valence-corrected chi connectivity index (χ0v) is 27.6. The van der Waals surface area contributed by atoms with E-state index < -0.39 is 12.0 Å². The molecule has 0 spiro atoms. The molecule has 1 fully saturated rings. The van der Waals surface area contributed by atoms with E-state index in [0.717, 1.165) is 30.5 Å². The molecule has 0 radical (unpaired) electrons. The third kappa shape index (κ3) is 9.11. The summed E-state index contributed by atoms with van der Waals surface area (Å²) in [5.41, 5.74) is 11.0. The molecule has 1 atom stereocenters. The minimum Gasteiger partial charge on any atom is -0.475 e. The largest absolute Gasteiger partial charge is 0.475 e. The van der Waals surface area contributed by atoms with Crippen LogP contribution in [0, 0.1) is 6.92 Å². The summed E-state index contributed by atoms with van der Waals surface area (Å²) in [5, 5.41) is 20.3. The lowest BCUT2D eigenvalue weighted by molar-refractivity contribution is -0.115. The van der Waals surface area contributed by atoms with Crippen LogP contribution in [0.4, 0.5) is 0 Å². The third-order valence-corrected chi connectivity index (χ3v) is 7.75. The predicted octanol–water partition coefficient (Wildman–Crippen LogP) is 3.24. The van der Waals surface area contributed by atoms with E-state index in [-0.39, 0.29) is 17.7 Å². The van der Waals surface area contributed by atoms with E-state index in [1.54, 1.807) is 10.9 Å². The maximum Gasteiger partial charge on any atom is 0.259 e. The summed E-state index contributed by atoms with van der Waals surface area (Å²) < 4.78 is 7.30. The van der Waals surface area contributed by atoms with E-state index >= 15 is 0 Å². The maximum absolute atomic E-state index is 13.1. The molecule has 2 aromatic heterocycles. The quantitative estimate of drug-likeness (QED) is 0.176. The Morgan fingerprint density at radius 3 is 2.58 bits per heavy atom. The monoisotopic (exact) mass is 620 g/mol. The van der Waals surface area contributed by atoms with Crippen LogP contribution in [0.1, 0.15) is 65.3 Å². The Bertz CT molecular complexity index is 1450. The first-order chi connectivity index (χ1) is 21.4. The molecular formula is C33H48N8O4. The first kappa shape index (κ1) is 35.2. The molecule has 4 rings (SSSR count). The second kappa shape index (κ2) is 16.1. The van der Waals surface area contributed by atoms with Gasteiger partial charge < -0.3 is 31.0 Å². The topological polar surface area (TPSA) is 161 Å². The van der Waals surface area contributed by atoms with Crippen LogP contribution < -0.4 is 21.1 Å². The second-order valence-corrected chi connectivity index (χ2v) is 11.8. The number of allylic oxidation sites excluding steroid dienone is 4. The fourth-order valence-electron chi connectivity index (χ4n) is 5.12. The molecule has 12 nitrogen and oxygen atoms in total. The van der Waals surface area contributed by atoms with Crippen molar-refractivity contribution in [3.8, 4) is 17.1 Å². The van der Waals surface area contributed by atoms with Gasteiger partial charge in [0, 0.05) is 30.2 Å². The number of carbonyl (C=O) groups excluding carboxylic acids is 2. The van der Waals surface area contributed by atoms with Gasteiger partial charge in [0.15, 0.2) is 0 Å². The van der Waals surface area contributed by atoms with Gasteiger partial charge >= 0.3 is 0 Å². The van der Waals surface area contributed by atoms with Crippen molar-refractivity contribution in [3.05, 3.63) is 65.2 Å². The third-order valence-electron chi connectivity index (χ3n) is 7.75. The number of likely N-dealkylation sites (N-methyl/N-ethyl adjacent to an activating group) is 1. The molecule has 0 bridgehead atoms. The van der Waals surface area contributed by atoms with Gasteiger partial charge in [0.05, 0.1) is 53.7 Å². The number of fused-ring (bicyclic) bond motifs is 1. The van der Waals surface area contributed by atoms with E-state index in [0.29, 0.717) is 47.3 Å². The number of aliphatic hydroxyl groups excluding tert-OH is 1. The molecule has 0 aliphatic carbocycles. The van der Waals surface area contributed by atoms with Crippen LogP contribution in [-0.4, -0.2) is 80.3 Å². The van der Waals surface area contributed by atoms with Gasteiger partial charge in [-0.05, 0) is 72.6 Å². The zero-order chi connectivity index (χ0) is 33.1. The molecule has 1 amide bonds. The van der Waals surface area contributed by atoms with Crippen molar-refractivity contribution in [2.24, 2.45) is 5.73 Å². The fraction of sp³-hybridized carbons (Fsp3) is 0.485. The highest BCUT2D eigenvalue weighted by molar-refractivity contribution is 6.19. The normalized spacial score (nSPS) is 18.0. The molecule has 45 heavy (non-hydrogen) atoms. The second-order valence-electron chi connectivity index (χ2n) is 11.8. The number of hydrogen-bond acceptors (Lipinski definition) is 10. The van der Waals surface area contributed by atoms with E-state index in [2.05, 4.69) is 51.4 Å². The summed E-state index contributed by atoms with van der Waals surface area (Å²) in [6.07, 6.45) is 13.9. The number of ether oxygens (including phenoxy) is 1. The molecule has 5 N–H and O–H groups in total. The summed E-state index contributed by atoms with van der Waals surface area (Å²) >= 11 is 0. The van der Waals surface area contributed by atoms with Crippen LogP contribution in [0.5, 0.6) is 5.88 Å². The van der Waals surface area contributed by atoms with Gasteiger partial charge in [-0.3, -0.25) is 19.7 Å². The lowest BCUT2D eigenvalue weighted by Crippen LogP contribution is -2.39. The van der Waals surface area contributed by atoms with Crippen molar-refractivity contribution < 1.29 is 19.4 Å². The van der Waals surface area contributed by atoms with Crippen LogP contribution in [0.15, 0.2) is 53.8 Å². The van der Waals surface area contributed by atoms with Crippen molar-refractivity contribution in [1.29, 1.82) is 0 Å². The number of hydrogen-bond donors (Lipinski definition) is 4. The Labute approximate surface area is 266 Å². The van der Waals surface area contributed by atoms with Crippen molar-refractivity contribution in [3.63, 3.8) is 0 Å². The average Bonchev–Trinajstić information content (AvgIpc) is 3.51. The highest BCUT2D eigenvalue weighted by Crippen LogP contribution is 2.34. The average molecular weight is 621 g/mol. The molecule has 0 aromatic carbocycles. The van der Waals surface area contributed by atoms with Gasteiger partial charge in [0.25, 0.3) is 5.91 Å². The summed E-state index contributed by atoms with van der Waals surface area (Å²) in [4.78, 5) is 34.4. The van der Waals surface area contributed by atoms with Crippen LogP contribution in [0.2, 0.25) is 0 Å². The molecule has 12 heteroatoms. The molecule has 2 aliphatic rings. The van der Waals surface area contributed by atoms with Crippen LogP contribution in [0.3, 0.4) is 0 Å². The smallest absolute Gasteiger partial charge is 0.259 e. The number of aldehydes is 1. The van der Waals surface area contributed by atoms with Crippen LogP contribution in [-0.2, 0) is 16.1 Å². The van der Waals surface area contributed by atoms with Crippen molar-refractivity contribution in [2.45, 2.75) is 79.0 Å². The highest BCUT2D eigenvalue weighted by Gasteiger charge is 2.31. The first-order valence-corrected chi connectivity index (χ1v) is 15.3. The van der Waals surface area contributed by atoms with Crippen molar-refractivity contribution >= 4 is 17.8 Å². The Balaban J connectivity index is 0.000000468. The number of nitrogens with one attached hydrogen (secondary N) is 2. The molecule has 1 unspecified atom stereocenters. The predicted molar refractivity (Wildman–Crippen MR) is 176 cm³/mol. The number of aromatic nitrogens is 4. The fourth-order valence-corrected chi connectivity index (χ4v) is 5.12. The molecule has 2 aliphatic heterocycles. The summed E-state index contributed by atoms with van der Waals surface area (Å²) in [7, 11) is 1.82. The lowest BCUT2D eigenvalue weighted by atomic mass is 10.0. The number of aryl methyl sites for hydroxylation is 1. The van der Waals surface area contributed by atoms with Crippen molar-refractivity contribution in [2.75, 3.05) is 26.7 Å². The number of carbonyl (C=O) groups is 2. The number of likely N-dealkylation sites (tertiary alicyclic amines) is 1. The minimum absolute atomic E-state index is 0.189. The molecule has 244 valence electrons. The molecule has 0 saturated carbocycles. The van der Waals surface area contributed by atoms with E-state index in [1.807, 2.05) is 46.0 Å². The van der Waals surface area contributed by atoms with Crippen molar-refractivity contribution in [1.82, 2.24) is 35.3 Å². The number of nitrogens with two attached hydrogens (primary N) is 1. The maximum atomic E-state index is 13.1. The highest BCUT2D eigenvalue weighted by atomic mass is 16.5. The number of aliphatic hydroxyl groups is 1. The van der Waals surface area contributed by atoms with Gasteiger partial charge in [-0.15, -0.1) is 0 Å².